The highest BCUT2D eigenvalue weighted by molar-refractivity contribution is 5.95. The van der Waals surface area contributed by atoms with Gasteiger partial charge in [0, 0.05) is 25.4 Å². The number of tetrazole rings is 1. The molecule has 0 saturated carbocycles. The molecule has 0 fully saturated rings. The van der Waals surface area contributed by atoms with Crippen LogP contribution in [0.4, 0.5) is 5.69 Å². The lowest BCUT2D eigenvalue weighted by molar-refractivity contribution is -0.118. The Morgan fingerprint density at radius 1 is 1.52 bits per heavy atom. The first-order valence-corrected chi connectivity index (χ1v) is 6.00. The summed E-state index contributed by atoms with van der Waals surface area (Å²) in [5.74, 6) is 0.308. The minimum absolute atomic E-state index is 0. The quantitative estimate of drug-likeness (QED) is 0.817. The van der Waals surface area contributed by atoms with Crippen LogP contribution in [0.3, 0.4) is 0 Å². The van der Waals surface area contributed by atoms with Crippen molar-refractivity contribution < 1.29 is 9.53 Å². The number of carbonyl (C=O) groups is 1. The molecular formula is C12H17ClN6O2. The molecule has 9 heteroatoms. The number of aromatic nitrogens is 4. The Labute approximate surface area is 128 Å². The number of aryl methyl sites for hydroxylation is 1. The Hall–Kier alpha value is -2.03. The van der Waals surface area contributed by atoms with E-state index in [1.165, 1.54) is 7.11 Å². The van der Waals surface area contributed by atoms with Crippen LogP contribution in [0.25, 0.3) is 11.4 Å². The van der Waals surface area contributed by atoms with Crippen LogP contribution in [0, 0.1) is 0 Å². The van der Waals surface area contributed by atoms with E-state index in [4.69, 9.17) is 10.5 Å². The summed E-state index contributed by atoms with van der Waals surface area (Å²) in [5, 5.41) is 14.0. The van der Waals surface area contributed by atoms with E-state index in [2.05, 4.69) is 20.8 Å². The van der Waals surface area contributed by atoms with Crippen molar-refractivity contribution in [3.05, 3.63) is 24.3 Å². The molecule has 0 spiro atoms. The van der Waals surface area contributed by atoms with Gasteiger partial charge in [-0.25, -0.2) is 4.68 Å². The molecule has 3 N–H and O–H groups in total. The Morgan fingerprint density at radius 2 is 2.29 bits per heavy atom. The molecule has 0 saturated heterocycles. The van der Waals surface area contributed by atoms with E-state index in [9.17, 15) is 4.79 Å². The Kier molecular flexibility index (Phi) is 6.22. The molecule has 1 amide bonds. The van der Waals surface area contributed by atoms with Gasteiger partial charge in [0.2, 0.25) is 5.91 Å². The second kappa shape index (κ2) is 7.67. The third kappa shape index (κ3) is 4.22. The van der Waals surface area contributed by atoms with E-state index in [1.54, 1.807) is 23.9 Å². The summed E-state index contributed by atoms with van der Waals surface area (Å²) in [6, 6.07) is 6.51. The van der Waals surface area contributed by atoms with Crippen LogP contribution in [0.2, 0.25) is 0 Å². The minimum Gasteiger partial charge on any atom is -0.383 e. The van der Waals surface area contributed by atoms with Crippen molar-refractivity contribution in [3.63, 3.8) is 0 Å². The van der Waals surface area contributed by atoms with Crippen LogP contribution >= 0.6 is 12.4 Å². The molecule has 0 aliphatic carbocycles. The Balaban J connectivity index is 0.00000220. The van der Waals surface area contributed by atoms with E-state index < -0.39 is 6.04 Å². The fourth-order valence-electron chi connectivity index (χ4n) is 1.70. The van der Waals surface area contributed by atoms with Crippen LogP contribution in [0.15, 0.2) is 24.3 Å². The molecule has 0 aliphatic rings. The van der Waals surface area contributed by atoms with E-state index in [1.807, 2.05) is 12.1 Å². The zero-order valence-electron chi connectivity index (χ0n) is 11.7. The summed E-state index contributed by atoms with van der Waals surface area (Å²) in [5.41, 5.74) is 7.09. The third-order valence-electron chi connectivity index (χ3n) is 2.69. The summed E-state index contributed by atoms with van der Waals surface area (Å²) in [6.45, 7) is 0.165. The van der Waals surface area contributed by atoms with Gasteiger partial charge in [0.15, 0.2) is 5.82 Å². The lowest BCUT2D eigenvalue weighted by Gasteiger charge is -2.11. The van der Waals surface area contributed by atoms with Crippen LogP contribution in [-0.2, 0) is 16.6 Å². The van der Waals surface area contributed by atoms with Crippen molar-refractivity contribution in [2.75, 3.05) is 19.0 Å². The number of anilines is 1. The molecule has 1 aromatic heterocycles. The molecule has 1 atom stereocenters. The zero-order valence-corrected chi connectivity index (χ0v) is 12.5. The van der Waals surface area contributed by atoms with E-state index in [0.717, 1.165) is 5.56 Å². The number of hydrogen-bond acceptors (Lipinski definition) is 6. The summed E-state index contributed by atoms with van der Waals surface area (Å²) < 4.78 is 6.40. The molecule has 8 nitrogen and oxygen atoms in total. The van der Waals surface area contributed by atoms with Gasteiger partial charge in [-0.3, -0.25) is 4.79 Å². The van der Waals surface area contributed by atoms with E-state index >= 15 is 0 Å². The smallest absolute Gasteiger partial charge is 0.243 e. The van der Waals surface area contributed by atoms with Crippen molar-refractivity contribution in [1.82, 2.24) is 20.2 Å². The van der Waals surface area contributed by atoms with Gasteiger partial charge in [-0.2, -0.15) is 0 Å². The molecule has 1 heterocycles. The number of hydrogen-bond donors (Lipinski definition) is 2. The summed E-state index contributed by atoms with van der Waals surface area (Å²) in [4.78, 5) is 11.8. The van der Waals surface area contributed by atoms with Crippen molar-refractivity contribution in [1.29, 1.82) is 0 Å². The maximum atomic E-state index is 11.8. The highest BCUT2D eigenvalue weighted by Crippen LogP contribution is 2.19. The second-order valence-corrected chi connectivity index (χ2v) is 4.26. The van der Waals surface area contributed by atoms with Crippen molar-refractivity contribution >= 4 is 24.0 Å². The first-order valence-electron chi connectivity index (χ1n) is 6.00. The van der Waals surface area contributed by atoms with Crippen LogP contribution in [-0.4, -0.2) is 45.9 Å². The highest BCUT2D eigenvalue weighted by Gasteiger charge is 2.14. The SMILES string of the molecule is COCC(N)C(=O)Nc1cccc(-c2nnnn2C)c1.Cl. The predicted molar refractivity (Wildman–Crippen MR) is 80.0 cm³/mol. The van der Waals surface area contributed by atoms with Gasteiger partial charge >= 0.3 is 0 Å². The van der Waals surface area contributed by atoms with Crippen molar-refractivity contribution in [3.8, 4) is 11.4 Å². The van der Waals surface area contributed by atoms with Gasteiger partial charge in [-0.05, 0) is 22.6 Å². The van der Waals surface area contributed by atoms with Crippen LogP contribution < -0.4 is 11.1 Å². The Morgan fingerprint density at radius 3 is 2.90 bits per heavy atom. The zero-order chi connectivity index (χ0) is 14.5. The largest absolute Gasteiger partial charge is 0.383 e. The number of ether oxygens (including phenoxy) is 1. The number of rotatable bonds is 5. The second-order valence-electron chi connectivity index (χ2n) is 4.26. The van der Waals surface area contributed by atoms with E-state index in [-0.39, 0.29) is 24.9 Å². The summed E-state index contributed by atoms with van der Waals surface area (Å²) in [6.07, 6.45) is 0. The number of amides is 1. The molecule has 0 aliphatic heterocycles. The monoisotopic (exact) mass is 312 g/mol. The molecule has 114 valence electrons. The van der Waals surface area contributed by atoms with Crippen LogP contribution in [0.5, 0.6) is 0 Å². The number of methoxy groups -OCH3 is 1. The molecule has 0 radical (unpaired) electrons. The number of benzene rings is 1. The lowest BCUT2D eigenvalue weighted by atomic mass is 10.2. The third-order valence-corrected chi connectivity index (χ3v) is 2.69. The molecular weight excluding hydrogens is 296 g/mol. The van der Waals surface area contributed by atoms with Gasteiger partial charge < -0.3 is 15.8 Å². The molecule has 21 heavy (non-hydrogen) atoms. The normalized spacial score (nSPS) is 11.6. The van der Waals surface area contributed by atoms with Crippen molar-refractivity contribution in [2.24, 2.45) is 12.8 Å². The van der Waals surface area contributed by atoms with Gasteiger partial charge in [0.1, 0.15) is 6.04 Å². The molecule has 0 bridgehead atoms. The number of halogens is 1. The predicted octanol–water partition coefficient (Wildman–Crippen LogP) is 0.211. The van der Waals surface area contributed by atoms with E-state index in [0.29, 0.717) is 11.5 Å². The average molecular weight is 313 g/mol. The molecule has 2 rings (SSSR count). The lowest BCUT2D eigenvalue weighted by Crippen LogP contribution is -2.39. The molecule has 1 unspecified atom stereocenters. The molecule has 1 aromatic carbocycles. The fraction of sp³-hybridized carbons (Fsp3) is 0.333. The number of nitrogens with two attached hydrogens (primary N) is 1. The maximum absolute atomic E-state index is 11.8. The van der Waals surface area contributed by atoms with Gasteiger partial charge in [0.05, 0.1) is 6.61 Å². The first kappa shape index (κ1) is 17.0. The summed E-state index contributed by atoms with van der Waals surface area (Å²) in [7, 11) is 3.24. The van der Waals surface area contributed by atoms with Gasteiger partial charge in [-0.15, -0.1) is 17.5 Å². The molecule has 2 aromatic rings. The fourth-order valence-corrected chi connectivity index (χ4v) is 1.70. The average Bonchev–Trinajstić information content (AvgIpc) is 2.85. The minimum atomic E-state index is -0.708. The standard InChI is InChI=1S/C12H16N6O2.ClH/c1-18-11(15-16-17-18)8-4-3-5-9(6-8)14-12(19)10(13)7-20-2;/h3-6,10H,7,13H2,1-2H3,(H,14,19);1H. The van der Waals surface area contributed by atoms with Gasteiger partial charge in [0.25, 0.3) is 0 Å². The van der Waals surface area contributed by atoms with Crippen LogP contribution in [0.1, 0.15) is 0 Å². The van der Waals surface area contributed by atoms with Gasteiger partial charge in [-0.1, -0.05) is 12.1 Å². The number of nitrogens with one attached hydrogen (secondary N) is 1. The Bertz CT molecular complexity index is 603. The maximum Gasteiger partial charge on any atom is 0.243 e. The first-order chi connectivity index (χ1) is 9.61. The number of carbonyl (C=O) groups excluding carboxylic acids is 1. The topological polar surface area (TPSA) is 108 Å². The highest BCUT2D eigenvalue weighted by atomic mass is 35.5. The number of nitrogens with zero attached hydrogens (tertiary/aromatic N) is 4. The van der Waals surface area contributed by atoms with Crippen molar-refractivity contribution in [2.45, 2.75) is 6.04 Å². The summed E-state index contributed by atoms with van der Waals surface area (Å²) >= 11 is 0.